The second kappa shape index (κ2) is 6.24. The average molecular weight is 316 g/mol. The number of sulfonamides is 1. The molecule has 2 heterocycles. The minimum atomic E-state index is -3.38. The predicted molar refractivity (Wildman–Crippen MR) is 79.1 cm³/mol. The van der Waals surface area contributed by atoms with E-state index >= 15 is 0 Å². The molecule has 1 amide bonds. The van der Waals surface area contributed by atoms with Crippen molar-refractivity contribution >= 4 is 27.3 Å². The van der Waals surface area contributed by atoms with Gasteiger partial charge in [0.25, 0.3) is 10.0 Å². The Kier molecular flexibility index (Phi) is 4.82. The molecule has 0 aromatic carbocycles. The van der Waals surface area contributed by atoms with Crippen molar-refractivity contribution in [3.8, 4) is 0 Å². The first kappa shape index (κ1) is 15.5. The molecule has 0 aliphatic carbocycles. The highest BCUT2D eigenvalue weighted by molar-refractivity contribution is 7.91. The number of carbonyl (C=O) groups excluding carboxylic acids is 1. The smallest absolute Gasteiger partial charge is 0.252 e. The van der Waals surface area contributed by atoms with Crippen LogP contribution in [-0.4, -0.2) is 49.7 Å². The topological polar surface area (TPSA) is 57.7 Å². The molecule has 112 valence electrons. The van der Waals surface area contributed by atoms with E-state index in [9.17, 15) is 13.2 Å². The van der Waals surface area contributed by atoms with E-state index < -0.39 is 10.0 Å². The van der Waals surface area contributed by atoms with Crippen molar-refractivity contribution in [2.24, 2.45) is 5.92 Å². The van der Waals surface area contributed by atoms with Gasteiger partial charge in [-0.1, -0.05) is 19.9 Å². The number of rotatable bonds is 4. The number of hydrogen-bond donors (Lipinski definition) is 0. The summed E-state index contributed by atoms with van der Waals surface area (Å²) in [6.07, 6.45) is 0.525. The molecule has 0 spiro atoms. The van der Waals surface area contributed by atoms with E-state index in [4.69, 9.17) is 0 Å². The summed E-state index contributed by atoms with van der Waals surface area (Å²) in [5.41, 5.74) is 0. The molecule has 1 aromatic heterocycles. The highest BCUT2D eigenvalue weighted by Crippen LogP contribution is 2.22. The Labute approximate surface area is 124 Å². The molecule has 1 aliphatic heterocycles. The molecule has 1 aliphatic rings. The molecule has 0 radical (unpaired) electrons. The van der Waals surface area contributed by atoms with Crippen LogP contribution in [0.4, 0.5) is 0 Å². The zero-order chi connectivity index (χ0) is 14.8. The highest BCUT2D eigenvalue weighted by Gasteiger charge is 2.30. The van der Waals surface area contributed by atoms with Crippen LogP contribution < -0.4 is 0 Å². The maximum Gasteiger partial charge on any atom is 0.252 e. The standard InChI is InChI=1S/C13H20N2O3S2/c1-11(2)10-12(16)14-5-7-15(8-6-14)20(17,18)13-4-3-9-19-13/h3-4,9,11H,5-8,10H2,1-2H3. The van der Waals surface area contributed by atoms with Gasteiger partial charge >= 0.3 is 0 Å². The molecule has 20 heavy (non-hydrogen) atoms. The fourth-order valence-corrected chi connectivity index (χ4v) is 4.76. The van der Waals surface area contributed by atoms with Crippen molar-refractivity contribution in [2.45, 2.75) is 24.5 Å². The van der Waals surface area contributed by atoms with Gasteiger partial charge in [-0.15, -0.1) is 11.3 Å². The van der Waals surface area contributed by atoms with Crippen molar-refractivity contribution < 1.29 is 13.2 Å². The minimum absolute atomic E-state index is 0.119. The van der Waals surface area contributed by atoms with Gasteiger partial charge in [-0.2, -0.15) is 4.31 Å². The molecule has 0 saturated carbocycles. The van der Waals surface area contributed by atoms with Crippen LogP contribution in [0.1, 0.15) is 20.3 Å². The van der Waals surface area contributed by atoms with Gasteiger partial charge in [-0.05, 0) is 17.4 Å². The quantitative estimate of drug-likeness (QED) is 0.848. The Balaban J connectivity index is 1.96. The summed E-state index contributed by atoms with van der Waals surface area (Å²) in [5.74, 6) is 0.448. The number of carbonyl (C=O) groups is 1. The molecular formula is C13H20N2O3S2. The van der Waals surface area contributed by atoms with Gasteiger partial charge in [0.15, 0.2) is 0 Å². The normalized spacial score (nSPS) is 17.6. The van der Waals surface area contributed by atoms with Gasteiger partial charge < -0.3 is 4.90 Å². The second-order valence-corrected chi connectivity index (χ2v) is 8.43. The number of nitrogens with zero attached hydrogens (tertiary/aromatic N) is 2. The van der Waals surface area contributed by atoms with Crippen LogP contribution in [0.5, 0.6) is 0 Å². The maximum atomic E-state index is 12.3. The van der Waals surface area contributed by atoms with Crippen LogP contribution in [0.2, 0.25) is 0 Å². The van der Waals surface area contributed by atoms with Gasteiger partial charge in [0.1, 0.15) is 4.21 Å². The number of hydrogen-bond acceptors (Lipinski definition) is 4. The molecule has 0 bridgehead atoms. The zero-order valence-corrected chi connectivity index (χ0v) is 13.4. The molecule has 1 saturated heterocycles. The molecule has 1 aromatic rings. The van der Waals surface area contributed by atoms with E-state index in [1.54, 1.807) is 22.4 Å². The SMILES string of the molecule is CC(C)CC(=O)N1CCN(S(=O)(=O)c2cccs2)CC1. The van der Waals surface area contributed by atoms with Crippen molar-refractivity contribution in [1.82, 2.24) is 9.21 Å². The van der Waals surface area contributed by atoms with Crippen molar-refractivity contribution in [3.05, 3.63) is 17.5 Å². The average Bonchev–Trinajstić information content (AvgIpc) is 2.92. The van der Waals surface area contributed by atoms with Crippen LogP contribution in [0.25, 0.3) is 0 Å². The largest absolute Gasteiger partial charge is 0.340 e. The third-order valence-corrected chi connectivity index (χ3v) is 6.54. The van der Waals surface area contributed by atoms with Gasteiger partial charge in [-0.25, -0.2) is 8.42 Å². The number of amides is 1. The number of thiophene rings is 1. The van der Waals surface area contributed by atoms with Crippen LogP contribution >= 0.6 is 11.3 Å². The molecule has 2 rings (SSSR count). The second-order valence-electron chi connectivity index (χ2n) is 5.31. The Hall–Kier alpha value is -0.920. The summed E-state index contributed by atoms with van der Waals surface area (Å²) in [5, 5.41) is 1.76. The van der Waals surface area contributed by atoms with E-state index in [-0.39, 0.29) is 5.91 Å². The van der Waals surface area contributed by atoms with Crippen LogP contribution in [0.15, 0.2) is 21.7 Å². The highest BCUT2D eigenvalue weighted by atomic mass is 32.2. The van der Waals surface area contributed by atoms with Gasteiger partial charge in [-0.3, -0.25) is 4.79 Å². The molecule has 0 N–H and O–H groups in total. The fourth-order valence-electron chi connectivity index (χ4n) is 2.19. The van der Waals surface area contributed by atoms with E-state index in [2.05, 4.69) is 0 Å². The molecule has 1 fully saturated rings. The molecular weight excluding hydrogens is 296 g/mol. The van der Waals surface area contributed by atoms with Crippen molar-refractivity contribution in [1.29, 1.82) is 0 Å². The Morgan fingerprint density at radius 3 is 2.45 bits per heavy atom. The predicted octanol–water partition coefficient (Wildman–Crippen LogP) is 1.63. The third-order valence-electron chi connectivity index (χ3n) is 3.26. The summed E-state index contributed by atoms with van der Waals surface area (Å²) in [6.45, 7) is 5.74. The third kappa shape index (κ3) is 3.39. The fraction of sp³-hybridized carbons (Fsp3) is 0.615. The summed E-state index contributed by atoms with van der Waals surface area (Å²) in [6, 6.07) is 3.36. The Morgan fingerprint density at radius 2 is 1.95 bits per heavy atom. The van der Waals surface area contributed by atoms with E-state index in [0.717, 1.165) is 0 Å². The van der Waals surface area contributed by atoms with Gasteiger partial charge in [0.05, 0.1) is 0 Å². The lowest BCUT2D eigenvalue weighted by molar-refractivity contribution is -0.133. The first-order valence-corrected chi connectivity index (χ1v) is 9.04. The summed E-state index contributed by atoms with van der Waals surface area (Å²) >= 11 is 1.23. The number of piperazine rings is 1. The lowest BCUT2D eigenvalue weighted by Gasteiger charge is -2.34. The van der Waals surface area contributed by atoms with Crippen LogP contribution in [0.3, 0.4) is 0 Å². The van der Waals surface area contributed by atoms with Crippen molar-refractivity contribution in [2.75, 3.05) is 26.2 Å². The molecule has 5 nitrogen and oxygen atoms in total. The van der Waals surface area contributed by atoms with E-state index in [1.165, 1.54) is 15.6 Å². The molecule has 7 heteroatoms. The van der Waals surface area contributed by atoms with Gasteiger partial charge in [0, 0.05) is 32.6 Å². The zero-order valence-electron chi connectivity index (χ0n) is 11.8. The first-order valence-electron chi connectivity index (χ1n) is 6.72. The van der Waals surface area contributed by atoms with E-state index in [0.29, 0.717) is 42.7 Å². The molecule has 0 unspecified atom stereocenters. The molecule has 0 atom stereocenters. The van der Waals surface area contributed by atoms with E-state index in [1.807, 2.05) is 13.8 Å². The Morgan fingerprint density at radius 1 is 1.30 bits per heavy atom. The minimum Gasteiger partial charge on any atom is -0.340 e. The van der Waals surface area contributed by atoms with Crippen LogP contribution in [-0.2, 0) is 14.8 Å². The summed E-state index contributed by atoms with van der Waals surface area (Å²) < 4.78 is 26.5. The van der Waals surface area contributed by atoms with Crippen LogP contribution in [0, 0.1) is 5.92 Å². The Bertz CT molecular complexity index is 544. The summed E-state index contributed by atoms with van der Waals surface area (Å²) in [7, 11) is -3.38. The monoisotopic (exact) mass is 316 g/mol. The first-order chi connectivity index (χ1) is 9.41. The van der Waals surface area contributed by atoms with Gasteiger partial charge in [0.2, 0.25) is 5.91 Å². The maximum absolute atomic E-state index is 12.3. The van der Waals surface area contributed by atoms with Crippen molar-refractivity contribution in [3.63, 3.8) is 0 Å². The lowest BCUT2D eigenvalue weighted by Crippen LogP contribution is -2.50. The lowest BCUT2D eigenvalue weighted by atomic mass is 10.1. The summed E-state index contributed by atoms with van der Waals surface area (Å²) in [4.78, 5) is 13.7.